The molecule has 0 saturated carbocycles. The maximum absolute atomic E-state index is 11.8. The van der Waals surface area contributed by atoms with Crippen LogP contribution in [0.3, 0.4) is 0 Å². The van der Waals surface area contributed by atoms with E-state index in [0.717, 1.165) is 17.8 Å². The van der Waals surface area contributed by atoms with Crippen molar-refractivity contribution in [3.8, 4) is 0 Å². The Balaban J connectivity index is 2.13. The van der Waals surface area contributed by atoms with E-state index in [-0.39, 0.29) is 23.0 Å². The van der Waals surface area contributed by atoms with Gasteiger partial charge in [0.25, 0.3) is 5.69 Å². The molecule has 7 heteroatoms. The van der Waals surface area contributed by atoms with Gasteiger partial charge >= 0.3 is 5.97 Å². The molecule has 0 aliphatic heterocycles. The van der Waals surface area contributed by atoms with Gasteiger partial charge in [-0.25, -0.2) is 9.78 Å². The zero-order valence-electron chi connectivity index (χ0n) is 10.2. The van der Waals surface area contributed by atoms with Crippen LogP contribution < -0.4 is 0 Å². The molecule has 0 saturated heterocycles. The summed E-state index contributed by atoms with van der Waals surface area (Å²) in [6.45, 7) is 0.0543. The molecular formula is C13H9ClN2O4. The summed E-state index contributed by atoms with van der Waals surface area (Å²) < 4.78 is 5.04. The first kappa shape index (κ1) is 14.0. The Morgan fingerprint density at radius 2 is 2.05 bits per heavy atom. The van der Waals surface area contributed by atoms with Crippen LogP contribution in [0.25, 0.3) is 0 Å². The van der Waals surface area contributed by atoms with Crippen molar-refractivity contribution in [1.29, 1.82) is 0 Å². The summed E-state index contributed by atoms with van der Waals surface area (Å²) in [4.78, 5) is 25.4. The highest BCUT2D eigenvalue weighted by Crippen LogP contribution is 2.20. The van der Waals surface area contributed by atoms with Crippen LogP contribution in [0.5, 0.6) is 0 Å². The molecule has 0 radical (unpaired) electrons. The number of nitrogens with zero attached hydrogens (tertiary/aromatic N) is 2. The van der Waals surface area contributed by atoms with E-state index in [2.05, 4.69) is 4.98 Å². The molecular weight excluding hydrogens is 284 g/mol. The molecule has 1 heterocycles. The summed E-state index contributed by atoms with van der Waals surface area (Å²) in [5.74, 6) is -0.755. The molecule has 2 aromatic rings. The summed E-state index contributed by atoms with van der Waals surface area (Å²) >= 11 is 5.74. The first-order valence-corrected chi connectivity index (χ1v) is 5.96. The number of rotatable bonds is 4. The second kappa shape index (κ2) is 6.12. The van der Waals surface area contributed by atoms with Gasteiger partial charge in [0.05, 0.1) is 4.92 Å². The minimum Gasteiger partial charge on any atom is -0.457 e. The van der Waals surface area contributed by atoms with Crippen molar-refractivity contribution < 1.29 is 14.5 Å². The summed E-state index contributed by atoms with van der Waals surface area (Å²) in [7, 11) is 0. The number of nitro groups is 1. The first-order chi connectivity index (χ1) is 9.58. The van der Waals surface area contributed by atoms with Crippen molar-refractivity contribution in [2.45, 2.75) is 6.61 Å². The SMILES string of the molecule is O=C(OCc1ccccc1)c1cc([N+](=O)[O-])cnc1Cl. The number of hydrogen-bond donors (Lipinski definition) is 0. The van der Waals surface area contributed by atoms with Gasteiger partial charge in [-0.15, -0.1) is 0 Å². The van der Waals surface area contributed by atoms with E-state index in [4.69, 9.17) is 16.3 Å². The molecule has 0 amide bonds. The molecule has 0 atom stereocenters. The maximum Gasteiger partial charge on any atom is 0.341 e. The molecule has 0 N–H and O–H groups in total. The number of esters is 1. The fraction of sp³-hybridized carbons (Fsp3) is 0.0769. The topological polar surface area (TPSA) is 82.3 Å². The second-order valence-corrected chi connectivity index (χ2v) is 4.21. The Labute approximate surface area is 119 Å². The van der Waals surface area contributed by atoms with E-state index < -0.39 is 10.9 Å². The fourth-order valence-corrected chi connectivity index (χ4v) is 1.66. The molecule has 0 spiro atoms. The number of aromatic nitrogens is 1. The van der Waals surface area contributed by atoms with Gasteiger partial charge in [-0.2, -0.15) is 0 Å². The number of hydrogen-bond acceptors (Lipinski definition) is 5. The van der Waals surface area contributed by atoms with Crippen LogP contribution in [0.4, 0.5) is 5.69 Å². The van der Waals surface area contributed by atoms with Crippen molar-refractivity contribution in [3.63, 3.8) is 0 Å². The Kier molecular flexibility index (Phi) is 4.27. The molecule has 1 aromatic carbocycles. The van der Waals surface area contributed by atoms with Crippen LogP contribution in [0.15, 0.2) is 42.6 Å². The van der Waals surface area contributed by atoms with Crippen molar-refractivity contribution >= 4 is 23.3 Å². The lowest BCUT2D eigenvalue weighted by atomic mass is 10.2. The fourth-order valence-electron chi connectivity index (χ4n) is 1.48. The van der Waals surface area contributed by atoms with Gasteiger partial charge in [0.15, 0.2) is 0 Å². The summed E-state index contributed by atoms with van der Waals surface area (Å²) in [5.41, 5.74) is 0.355. The van der Waals surface area contributed by atoms with Crippen LogP contribution >= 0.6 is 11.6 Å². The lowest BCUT2D eigenvalue weighted by Crippen LogP contribution is -2.07. The van der Waals surface area contributed by atoms with Crippen LogP contribution in [0.2, 0.25) is 5.15 Å². The summed E-state index contributed by atoms with van der Waals surface area (Å²) in [6.07, 6.45) is 0.982. The van der Waals surface area contributed by atoms with Gasteiger partial charge in [-0.05, 0) is 5.56 Å². The average Bonchev–Trinajstić information content (AvgIpc) is 2.46. The zero-order valence-corrected chi connectivity index (χ0v) is 10.9. The van der Waals surface area contributed by atoms with Gasteiger partial charge in [-0.3, -0.25) is 10.1 Å². The van der Waals surface area contributed by atoms with Gasteiger partial charge in [0.1, 0.15) is 23.5 Å². The van der Waals surface area contributed by atoms with Gasteiger partial charge in [0.2, 0.25) is 0 Å². The van der Waals surface area contributed by atoms with E-state index >= 15 is 0 Å². The third-order valence-electron chi connectivity index (χ3n) is 2.47. The second-order valence-electron chi connectivity index (χ2n) is 3.85. The standard InChI is InChI=1S/C13H9ClN2O4/c14-12-11(6-10(7-15-12)16(18)19)13(17)20-8-9-4-2-1-3-5-9/h1-7H,8H2. The smallest absolute Gasteiger partial charge is 0.341 e. The van der Waals surface area contributed by atoms with E-state index in [1.54, 1.807) is 12.1 Å². The van der Waals surface area contributed by atoms with Crippen LogP contribution in [0, 0.1) is 10.1 Å². The number of pyridine rings is 1. The number of carbonyl (C=O) groups excluding carboxylic acids is 1. The van der Waals surface area contributed by atoms with E-state index in [9.17, 15) is 14.9 Å². The predicted molar refractivity (Wildman–Crippen MR) is 71.5 cm³/mol. The molecule has 0 fully saturated rings. The van der Waals surface area contributed by atoms with Crippen molar-refractivity contribution in [3.05, 3.63) is 69.0 Å². The van der Waals surface area contributed by atoms with Gasteiger partial charge in [0, 0.05) is 6.07 Å². The van der Waals surface area contributed by atoms with E-state index in [0.29, 0.717) is 0 Å². The number of halogens is 1. The molecule has 0 aliphatic carbocycles. The molecule has 6 nitrogen and oxygen atoms in total. The molecule has 0 bridgehead atoms. The molecule has 2 rings (SSSR count). The molecule has 102 valence electrons. The van der Waals surface area contributed by atoms with Gasteiger partial charge < -0.3 is 4.74 Å². The molecule has 0 aliphatic rings. The van der Waals surface area contributed by atoms with Crippen LogP contribution in [-0.2, 0) is 11.3 Å². The maximum atomic E-state index is 11.8. The summed E-state index contributed by atoms with van der Waals surface area (Å²) in [6, 6.07) is 10.1. The third-order valence-corrected chi connectivity index (χ3v) is 2.77. The zero-order chi connectivity index (χ0) is 14.5. The highest BCUT2D eigenvalue weighted by molar-refractivity contribution is 6.32. The highest BCUT2D eigenvalue weighted by atomic mass is 35.5. The Morgan fingerprint density at radius 1 is 1.35 bits per heavy atom. The monoisotopic (exact) mass is 292 g/mol. The lowest BCUT2D eigenvalue weighted by molar-refractivity contribution is -0.385. The third kappa shape index (κ3) is 3.30. The molecule has 0 unspecified atom stereocenters. The predicted octanol–water partition coefficient (Wildman–Crippen LogP) is 3.00. The largest absolute Gasteiger partial charge is 0.457 e. The normalized spacial score (nSPS) is 10.1. The Morgan fingerprint density at radius 3 is 2.70 bits per heavy atom. The molecule has 20 heavy (non-hydrogen) atoms. The lowest BCUT2D eigenvalue weighted by Gasteiger charge is -2.05. The van der Waals surface area contributed by atoms with Crippen LogP contribution in [0.1, 0.15) is 15.9 Å². The minimum atomic E-state index is -0.755. The number of ether oxygens (including phenoxy) is 1. The number of carbonyl (C=O) groups is 1. The minimum absolute atomic E-state index is 0.0543. The Hall–Kier alpha value is -2.47. The van der Waals surface area contributed by atoms with E-state index in [1.807, 2.05) is 18.2 Å². The van der Waals surface area contributed by atoms with Crippen molar-refractivity contribution in [1.82, 2.24) is 4.98 Å². The Bertz CT molecular complexity index is 646. The first-order valence-electron chi connectivity index (χ1n) is 5.59. The number of benzene rings is 1. The molecule has 1 aromatic heterocycles. The van der Waals surface area contributed by atoms with Gasteiger partial charge in [-0.1, -0.05) is 41.9 Å². The average molecular weight is 293 g/mol. The van der Waals surface area contributed by atoms with Crippen molar-refractivity contribution in [2.75, 3.05) is 0 Å². The van der Waals surface area contributed by atoms with E-state index in [1.165, 1.54) is 0 Å². The summed E-state index contributed by atoms with van der Waals surface area (Å²) in [5, 5.41) is 10.5. The highest BCUT2D eigenvalue weighted by Gasteiger charge is 2.18. The quantitative estimate of drug-likeness (QED) is 0.374. The van der Waals surface area contributed by atoms with Crippen molar-refractivity contribution in [2.24, 2.45) is 0 Å². The van der Waals surface area contributed by atoms with Crippen LogP contribution in [-0.4, -0.2) is 15.9 Å².